The van der Waals surface area contributed by atoms with Crippen LogP contribution in [0, 0.1) is 6.92 Å². The lowest BCUT2D eigenvalue weighted by Crippen LogP contribution is -3.13. The van der Waals surface area contributed by atoms with Crippen LogP contribution in [0.15, 0.2) is 41.8 Å². The van der Waals surface area contributed by atoms with Gasteiger partial charge >= 0.3 is 0 Å². The Hall–Kier alpha value is -1.32. The van der Waals surface area contributed by atoms with Gasteiger partial charge in [0.05, 0.1) is 31.1 Å². The van der Waals surface area contributed by atoms with Crippen molar-refractivity contribution in [2.24, 2.45) is 0 Å². The van der Waals surface area contributed by atoms with Crippen molar-refractivity contribution in [3.05, 3.63) is 52.2 Å². The van der Waals surface area contributed by atoms with Crippen LogP contribution >= 0.6 is 11.3 Å². The number of nitrogens with one attached hydrogen (secondary N) is 1. The summed E-state index contributed by atoms with van der Waals surface area (Å²) in [6, 6.07) is 13.1. The van der Waals surface area contributed by atoms with Crippen LogP contribution in [0.1, 0.15) is 10.4 Å². The van der Waals surface area contributed by atoms with Crippen molar-refractivity contribution in [3.8, 4) is 0 Å². The molecule has 3 rings (SSSR count). The zero-order chi connectivity index (χ0) is 13.1. The zero-order valence-corrected chi connectivity index (χ0v) is 12.2. The fraction of sp³-hybridized carbons (Fsp3) is 0.375. The van der Waals surface area contributed by atoms with E-state index in [1.54, 1.807) is 4.90 Å². The number of hydrogen-bond acceptors (Lipinski definition) is 2. The van der Waals surface area contributed by atoms with Gasteiger partial charge in [0.1, 0.15) is 6.54 Å². The quantitative estimate of drug-likeness (QED) is 0.898. The minimum absolute atomic E-state index is 1.17. The minimum Gasteiger partial charge on any atom is -0.360 e. The van der Waals surface area contributed by atoms with Gasteiger partial charge in [-0.05, 0) is 30.0 Å². The predicted molar refractivity (Wildman–Crippen MR) is 82.1 cm³/mol. The normalized spacial score (nSPS) is 16.8. The third-order valence-corrected chi connectivity index (χ3v) is 4.81. The molecule has 1 aliphatic rings. The molecule has 1 aromatic carbocycles. The summed E-state index contributed by atoms with van der Waals surface area (Å²) in [6.07, 6.45) is 0. The Balaban J connectivity index is 1.59. The van der Waals surface area contributed by atoms with Gasteiger partial charge in [-0.3, -0.25) is 0 Å². The molecule has 0 spiro atoms. The van der Waals surface area contributed by atoms with Gasteiger partial charge in [-0.25, -0.2) is 0 Å². The van der Waals surface area contributed by atoms with Crippen LogP contribution in [-0.2, 0) is 6.54 Å². The highest BCUT2D eigenvalue weighted by atomic mass is 32.1. The predicted octanol–water partition coefficient (Wildman–Crippen LogP) is 1.96. The molecule has 2 heterocycles. The van der Waals surface area contributed by atoms with Crippen LogP contribution in [0.3, 0.4) is 0 Å². The molecule has 100 valence electrons. The van der Waals surface area contributed by atoms with E-state index in [-0.39, 0.29) is 0 Å². The largest absolute Gasteiger partial charge is 0.360 e. The fourth-order valence-corrected chi connectivity index (χ4v) is 3.59. The molecule has 1 aliphatic heterocycles. The first-order chi connectivity index (χ1) is 9.33. The van der Waals surface area contributed by atoms with Gasteiger partial charge in [0.25, 0.3) is 0 Å². The maximum absolute atomic E-state index is 2.53. The van der Waals surface area contributed by atoms with E-state index >= 15 is 0 Å². The number of hydrogen-bond donors (Lipinski definition) is 1. The van der Waals surface area contributed by atoms with Gasteiger partial charge in [0.15, 0.2) is 0 Å². The monoisotopic (exact) mass is 273 g/mol. The highest BCUT2D eigenvalue weighted by Gasteiger charge is 2.21. The lowest BCUT2D eigenvalue weighted by molar-refractivity contribution is -0.914. The zero-order valence-electron chi connectivity index (χ0n) is 11.4. The van der Waals surface area contributed by atoms with Gasteiger partial charge in [-0.15, -0.1) is 11.3 Å². The Labute approximate surface area is 119 Å². The molecule has 2 nitrogen and oxygen atoms in total. The van der Waals surface area contributed by atoms with Crippen molar-refractivity contribution in [1.82, 2.24) is 0 Å². The summed E-state index contributed by atoms with van der Waals surface area (Å²) in [6.45, 7) is 8.23. The summed E-state index contributed by atoms with van der Waals surface area (Å²) in [5, 5.41) is 2.18. The van der Waals surface area contributed by atoms with Gasteiger partial charge < -0.3 is 9.80 Å². The third-order valence-electron chi connectivity index (χ3n) is 3.93. The Morgan fingerprint density at radius 3 is 2.58 bits per heavy atom. The second-order valence-electron chi connectivity index (χ2n) is 5.28. The second kappa shape index (κ2) is 5.76. The molecule has 0 unspecified atom stereocenters. The molecule has 19 heavy (non-hydrogen) atoms. The van der Waals surface area contributed by atoms with Gasteiger partial charge in [0, 0.05) is 5.69 Å². The summed E-state index contributed by atoms with van der Waals surface area (Å²) in [5.41, 5.74) is 2.81. The molecule has 1 N–H and O–H groups in total. The number of piperazine rings is 1. The molecular weight excluding hydrogens is 252 g/mol. The summed E-state index contributed by atoms with van der Waals surface area (Å²) in [7, 11) is 0. The second-order valence-corrected chi connectivity index (χ2v) is 6.31. The van der Waals surface area contributed by atoms with Crippen molar-refractivity contribution in [2.75, 3.05) is 31.1 Å². The van der Waals surface area contributed by atoms with Crippen molar-refractivity contribution in [2.45, 2.75) is 13.5 Å². The molecule has 0 amide bonds. The van der Waals surface area contributed by atoms with E-state index < -0.39 is 0 Å². The van der Waals surface area contributed by atoms with E-state index in [1.807, 2.05) is 11.3 Å². The number of nitrogens with zero attached hydrogens (tertiary/aromatic N) is 1. The fourth-order valence-electron chi connectivity index (χ4n) is 2.82. The Morgan fingerprint density at radius 2 is 1.89 bits per heavy atom. The van der Waals surface area contributed by atoms with Crippen LogP contribution in [0.2, 0.25) is 0 Å². The summed E-state index contributed by atoms with van der Waals surface area (Å²) < 4.78 is 0. The van der Waals surface area contributed by atoms with Gasteiger partial charge in [0.2, 0.25) is 0 Å². The summed E-state index contributed by atoms with van der Waals surface area (Å²) in [4.78, 5) is 5.76. The molecule has 0 aliphatic carbocycles. The SMILES string of the molecule is Cc1ccccc1N1CC[NH+](Cc2cccs2)CC1. The molecule has 0 radical (unpaired) electrons. The van der Waals surface area contributed by atoms with Crippen LogP contribution in [0.5, 0.6) is 0 Å². The van der Waals surface area contributed by atoms with E-state index in [9.17, 15) is 0 Å². The van der Waals surface area contributed by atoms with Crippen LogP contribution < -0.4 is 9.80 Å². The van der Waals surface area contributed by atoms with Crippen LogP contribution in [-0.4, -0.2) is 26.2 Å². The lowest BCUT2D eigenvalue weighted by atomic mass is 10.1. The van der Waals surface area contributed by atoms with Gasteiger partial charge in [-0.2, -0.15) is 0 Å². The summed E-state index contributed by atoms with van der Waals surface area (Å²) >= 11 is 1.88. The van der Waals surface area contributed by atoms with Crippen molar-refractivity contribution < 1.29 is 4.90 Å². The Bertz CT molecular complexity index is 513. The van der Waals surface area contributed by atoms with E-state index in [0.717, 1.165) is 0 Å². The molecule has 1 fully saturated rings. The van der Waals surface area contributed by atoms with Crippen molar-refractivity contribution >= 4 is 17.0 Å². The first-order valence-corrected chi connectivity index (χ1v) is 7.87. The van der Waals surface area contributed by atoms with Crippen LogP contribution in [0.25, 0.3) is 0 Å². The standard InChI is InChI=1S/C16H20N2S/c1-14-5-2-3-7-16(14)18-10-8-17(9-11-18)13-15-6-4-12-19-15/h2-7,12H,8-11,13H2,1H3/p+1. The van der Waals surface area contributed by atoms with E-state index in [0.29, 0.717) is 0 Å². The lowest BCUT2D eigenvalue weighted by Gasteiger charge is -2.34. The molecule has 1 aromatic heterocycles. The number of anilines is 1. The van der Waals surface area contributed by atoms with Crippen LogP contribution in [0.4, 0.5) is 5.69 Å². The van der Waals surface area contributed by atoms with Gasteiger partial charge in [-0.1, -0.05) is 24.3 Å². The van der Waals surface area contributed by atoms with Crippen molar-refractivity contribution in [1.29, 1.82) is 0 Å². The van der Waals surface area contributed by atoms with E-state index in [2.05, 4.69) is 53.6 Å². The molecule has 1 saturated heterocycles. The molecular formula is C16H21N2S+. The Kier molecular flexibility index (Phi) is 3.85. The first kappa shape index (κ1) is 12.7. The average Bonchev–Trinajstić information content (AvgIpc) is 2.93. The van der Waals surface area contributed by atoms with Crippen molar-refractivity contribution in [3.63, 3.8) is 0 Å². The number of aryl methyl sites for hydroxylation is 1. The maximum Gasteiger partial charge on any atom is 0.112 e. The highest BCUT2D eigenvalue weighted by Crippen LogP contribution is 2.18. The molecule has 0 atom stereocenters. The Morgan fingerprint density at radius 1 is 1.11 bits per heavy atom. The van der Waals surface area contributed by atoms with E-state index in [1.165, 1.54) is 48.9 Å². The number of benzene rings is 1. The third kappa shape index (κ3) is 2.99. The number of rotatable bonds is 3. The molecule has 0 saturated carbocycles. The van der Waals surface area contributed by atoms with E-state index in [4.69, 9.17) is 0 Å². The highest BCUT2D eigenvalue weighted by molar-refractivity contribution is 7.09. The number of thiophene rings is 1. The number of para-hydroxylation sites is 1. The maximum atomic E-state index is 2.53. The molecule has 2 aromatic rings. The minimum atomic E-state index is 1.17. The molecule has 3 heteroatoms. The first-order valence-electron chi connectivity index (χ1n) is 6.99. The average molecular weight is 273 g/mol. The topological polar surface area (TPSA) is 7.68 Å². The number of quaternary nitrogens is 1. The molecule has 0 bridgehead atoms. The smallest absolute Gasteiger partial charge is 0.112 e. The summed E-state index contributed by atoms with van der Waals surface area (Å²) in [5.74, 6) is 0.